The summed E-state index contributed by atoms with van der Waals surface area (Å²) in [6.45, 7) is 8.22. The molecule has 0 aromatic heterocycles. The van der Waals surface area contributed by atoms with Crippen LogP contribution in [-0.4, -0.2) is 60.7 Å². The van der Waals surface area contributed by atoms with Crippen molar-refractivity contribution < 1.29 is 14.6 Å². The average Bonchev–Trinajstić information content (AvgIpc) is 2.68. The van der Waals surface area contributed by atoms with Gasteiger partial charge in [0.25, 0.3) is 0 Å². The van der Waals surface area contributed by atoms with Crippen LogP contribution in [0.15, 0.2) is 0 Å². The Morgan fingerprint density at radius 2 is 2.00 bits per heavy atom. The van der Waals surface area contributed by atoms with Gasteiger partial charge in [-0.1, -0.05) is 0 Å². The van der Waals surface area contributed by atoms with Gasteiger partial charge in [-0.05, 0) is 39.5 Å². The molecule has 0 aromatic rings. The summed E-state index contributed by atoms with van der Waals surface area (Å²) in [4.78, 5) is 2.49. The Morgan fingerprint density at radius 3 is 2.56 bits per heavy atom. The van der Waals surface area contributed by atoms with Crippen molar-refractivity contribution in [1.82, 2.24) is 4.90 Å². The Kier molecular flexibility index (Phi) is 5.01. The lowest BCUT2D eigenvalue weighted by Gasteiger charge is -2.33. The maximum Gasteiger partial charge on any atom is 0.0710 e. The molecule has 2 rings (SSSR count). The van der Waals surface area contributed by atoms with Crippen LogP contribution < -0.4 is 0 Å². The first-order valence-electron chi connectivity index (χ1n) is 7.22. The molecule has 2 fully saturated rings. The number of aliphatic hydroxyl groups is 1. The second kappa shape index (κ2) is 6.33. The monoisotopic (exact) mass is 257 g/mol. The SMILES string of the molecule is CC1(C)CCC(CN2CCC(OCCO)CC2)O1. The van der Waals surface area contributed by atoms with Crippen LogP contribution in [0.2, 0.25) is 0 Å². The fourth-order valence-electron chi connectivity index (χ4n) is 2.97. The first-order chi connectivity index (χ1) is 8.59. The first kappa shape index (κ1) is 14.3. The molecule has 1 N–H and O–H groups in total. The molecule has 0 radical (unpaired) electrons. The molecular weight excluding hydrogens is 230 g/mol. The lowest BCUT2D eigenvalue weighted by Crippen LogP contribution is -2.41. The summed E-state index contributed by atoms with van der Waals surface area (Å²) in [6.07, 6.45) is 5.28. The molecule has 0 spiro atoms. The van der Waals surface area contributed by atoms with Crippen molar-refractivity contribution in [2.75, 3.05) is 32.8 Å². The maximum atomic E-state index is 8.74. The van der Waals surface area contributed by atoms with Crippen molar-refractivity contribution in [2.24, 2.45) is 0 Å². The number of hydrogen-bond donors (Lipinski definition) is 1. The van der Waals surface area contributed by atoms with E-state index < -0.39 is 0 Å². The highest BCUT2D eigenvalue weighted by atomic mass is 16.5. The second-order valence-electron chi connectivity index (χ2n) is 6.13. The molecule has 1 unspecified atom stereocenters. The molecule has 2 aliphatic rings. The predicted octanol–water partition coefficient (Wildman–Crippen LogP) is 1.42. The van der Waals surface area contributed by atoms with Crippen molar-refractivity contribution in [1.29, 1.82) is 0 Å². The standard InChI is InChI=1S/C14H27NO3/c1-14(2)6-3-13(18-14)11-15-7-4-12(5-8-15)17-10-9-16/h12-13,16H,3-11H2,1-2H3. The molecule has 106 valence electrons. The van der Waals surface area contributed by atoms with Crippen molar-refractivity contribution in [3.05, 3.63) is 0 Å². The van der Waals surface area contributed by atoms with Crippen molar-refractivity contribution in [3.63, 3.8) is 0 Å². The molecular formula is C14H27NO3. The zero-order valence-electron chi connectivity index (χ0n) is 11.7. The van der Waals surface area contributed by atoms with E-state index in [1.165, 1.54) is 12.8 Å². The van der Waals surface area contributed by atoms with E-state index in [0.29, 0.717) is 18.8 Å². The molecule has 0 aliphatic carbocycles. The molecule has 18 heavy (non-hydrogen) atoms. The average molecular weight is 257 g/mol. The Labute approximate surface area is 110 Å². The van der Waals surface area contributed by atoms with Crippen molar-refractivity contribution in [2.45, 2.75) is 57.3 Å². The van der Waals surface area contributed by atoms with Gasteiger partial charge in [0.15, 0.2) is 0 Å². The molecule has 0 aromatic carbocycles. The minimum absolute atomic E-state index is 0.0766. The van der Waals surface area contributed by atoms with Crippen LogP contribution in [0.1, 0.15) is 39.5 Å². The van der Waals surface area contributed by atoms with Gasteiger partial charge < -0.3 is 19.5 Å². The number of piperidine rings is 1. The zero-order chi connectivity index (χ0) is 13.0. The molecule has 2 aliphatic heterocycles. The summed E-state index contributed by atoms with van der Waals surface area (Å²) in [5.41, 5.74) is 0.0766. The van der Waals surface area contributed by atoms with Crippen LogP contribution >= 0.6 is 0 Å². The highest BCUT2D eigenvalue weighted by molar-refractivity contribution is 4.84. The van der Waals surface area contributed by atoms with Crippen LogP contribution in [0, 0.1) is 0 Å². The van der Waals surface area contributed by atoms with Crippen LogP contribution in [0.5, 0.6) is 0 Å². The quantitative estimate of drug-likeness (QED) is 0.809. The van der Waals surface area contributed by atoms with E-state index in [2.05, 4.69) is 18.7 Å². The first-order valence-corrected chi connectivity index (χ1v) is 7.22. The van der Waals surface area contributed by atoms with Gasteiger partial charge in [0.05, 0.1) is 31.0 Å². The Hall–Kier alpha value is -0.160. The molecule has 1 atom stereocenters. The van der Waals surface area contributed by atoms with Crippen LogP contribution in [-0.2, 0) is 9.47 Å². The van der Waals surface area contributed by atoms with E-state index in [4.69, 9.17) is 14.6 Å². The van der Waals surface area contributed by atoms with Gasteiger partial charge in [-0.2, -0.15) is 0 Å². The van der Waals surface area contributed by atoms with E-state index in [0.717, 1.165) is 32.5 Å². The fourth-order valence-corrected chi connectivity index (χ4v) is 2.97. The molecule has 2 heterocycles. The van der Waals surface area contributed by atoms with Gasteiger partial charge in [0, 0.05) is 19.6 Å². The smallest absolute Gasteiger partial charge is 0.0710 e. The fraction of sp³-hybridized carbons (Fsp3) is 1.00. The normalized spacial score (nSPS) is 29.8. The lowest BCUT2D eigenvalue weighted by atomic mass is 10.0. The van der Waals surface area contributed by atoms with Crippen molar-refractivity contribution in [3.8, 4) is 0 Å². The number of nitrogens with zero attached hydrogens (tertiary/aromatic N) is 1. The minimum atomic E-state index is 0.0766. The Bertz CT molecular complexity index is 249. The zero-order valence-corrected chi connectivity index (χ0v) is 11.7. The van der Waals surface area contributed by atoms with E-state index in [-0.39, 0.29) is 12.2 Å². The Balaban J connectivity index is 1.65. The van der Waals surface area contributed by atoms with Crippen LogP contribution in [0.3, 0.4) is 0 Å². The molecule has 0 amide bonds. The lowest BCUT2D eigenvalue weighted by molar-refractivity contribution is -0.0447. The summed E-state index contributed by atoms with van der Waals surface area (Å²) in [5, 5.41) is 8.74. The Morgan fingerprint density at radius 1 is 1.28 bits per heavy atom. The molecule has 0 bridgehead atoms. The highest BCUT2D eigenvalue weighted by Crippen LogP contribution is 2.30. The molecule has 2 saturated heterocycles. The third-order valence-electron chi connectivity index (χ3n) is 4.00. The van der Waals surface area contributed by atoms with Gasteiger partial charge in [-0.3, -0.25) is 0 Å². The van der Waals surface area contributed by atoms with Crippen molar-refractivity contribution >= 4 is 0 Å². The van der Waals surface area contributed by atoms with Gasteiger partial charge >= 0.3 is 0 Å². The largest absolute Gasteiger partial charge is 0.394 e. The van der Waals surface area contributed by atoms with Gasteiger partial charge in [-0.15, -0.1) is 0 Å². The van der Waals surface area contributed by atoms with E-state index in [1.807, 2.05) is 0 Å². The third kappa shape index (κ3) is 4.19. The van der Waals surface area contributed by atoms with E-state index >= 15 is 0 Å². The molecule has 4 heteroatoms. The topological polar surface area (TPSA) is 41.9 Å². The summed E-state index contributed by atoms with van der Waals surface area (Å²) in [6, 6.07) is 0. The molecule has 4 nitrogen and oxygen atoms in total. The number of hydrogen-bond acceptors (Lipinski definition) is 4. The number of likely N-dealkylation sites (tertiary alicyclic amines) is 1. The van der Waals surface area contributed by atoms with Crippen LogP contribution in [0.4, 0.5) is 0 Å². The predicted molar refractivity (Wildman–Crippen MR) is 70.7 cm³/mol. The summed E-state index contributed by atoms with van der Waals surface area (Å²) in [5.74, 6) is 0. The van der Waals surface area contributed by atoms with Gasteiger partial charge in [0.1, 0.15) is 0 Å². The molecule has 0 saturated carbocycles. The second-order valence-corrected chi connectivity index (χ2v) is 6.13. The summed E-state index contributed by atoms with van der Waals surface area (Å²) >= 11 is 0. The maximum absolute atomic E-state index is 8.74. The van der Waals surface area contributed by atoms with Gasteiger partial charge in [-0.25, -0.2) is 0 Å². The number of aliphatic hydroxyl groups excluding tert-OH is 1. The summed E-state index contributed by atoms with van der Waals surface area (Å²) in [7, 11) is 0. The van der Waals surface area contributed by atoms with E-state index in [1.54, 1.807) is 0 Å². The number of ether oxygens (including phenoxy) is 2. The number of rotatable bonds is 5. The third-order valence-corrected chi connectivity index (χ3v) is 4.00. The van der Waals surface area contributed by atoms with E-state index in [9.17, 15) is 0 Å². The summed E-state index contributed by atoms with van der Waals surface area (Å²) < 4.78 is 11.6. The van der Waals surface area contributed by atoms with Gasteiger partial charge in [0.2, 0.25) is 0 Å². The minimum Gasteiger partial charge on any atom is -0.394 e. The van der Waals surface area contributed by atoms with Crippen LogP contribution in [0.25, 0.3) is 0 Å². The highest BCUT2D eigenvalue weighted by Gasteiger charge is 2.33.